The lowest BCUT2D eigenvalue weighted by Gasteiger charge is -2.29. The molecule has 0 fully saturated rings. The third kappa shape index (κ3) is 2.60. The van der Waals surface area contributed by atoms with Gasteiger partial charge in [-0.25, -0.2) is 0 Å². The largest absolute Gasteiger partial charge is 0.334 e. The summed E-state index contributed by atoms with van der Waals surface area (Å²) in [5.74, 6) is 0.0887. The molecule has 1 aliphatic heterocycles. The highest BCUT2D eigenvalue weighted by molar-refractivity contribution is 9.10. The Hall–Kier alpha value is -1.32. The van der Waals surface area contributed by atoms with E-state index in [0.29, 0.717) is 11.6 Å². The van der Waals surface area contributed by atoms with Gasteiger partial charge in [0.15, 0.2) is 0 Å². The number of rotatable bonds is 2. The molecule has 0 atom stereocenters. The highest BCUT2D eigenvalue weighted by atomic mass is 79.9. The van der Waals surface area contributed by atoms with Crippen molar-refractivity contribution in [2.24, 2.45) is 0 Å². The number of hydrogen-bond acceptors (Lipinski definition) is 1. The van der Waals surface area contributed by atoms with Gasteiger partial charge in [0, 0.05) is 28.1 Å². The van der Waals surface area contributed by atoms with E-state index in [2.05, 4.69) is 15.9 Å². The minimum absolute atomic E-state index is 0.0887. The van der Waals surface area contributed by atoms with Gasteiger partial charge in [0.2, 0.25) is 0 Å². The number of carbonyl (C=O) groups excluding carboxylic acids is 1. The molecule has 1 amide bonds. The molecular formula is C16H13BrClNO. The predicted octanol–water partition coefficient (Wildman–Crippen LogP) is 4.30. The summed E-state index contributed by atoms with van der Waals surface area (Å²) in [4.78, 5) is 14.3. The number of hydrogen-bond donors (Lipinski definition) is 0. The van der Waals surface area contributed by atoms with Gasteiger partial charge in [-0.3, -0.25) is 4.79 Å². The molecule has 0 spiro atoms. The first-order valence-corrected chi connectivity index (χ1v) is 7.63. The van der Waals surface area contributed by atoms with Crippen molar-refractivity contribution in [2.75, 3.05) is 6.54 Å². The van der Waals surface area contributed by atoms with E-state index in [1.165, 1.54) is 0 Å². The monoisotopic (exact) mass is 349 g/mol. The summed E-state index contributed by atoms with van der Waals surface area (Å²) >= 11 is 9.62. The number of halogens is 2. The summed E-state index contributed by atoms with van der Waals surface area (Å²) in [6, 6.07) is 13.6. The molecule has 0 bridgehead atoms. The summed E-state index contributed by atoms with van der Waals surface area (Å²) in [6.07, 6.45) is 0.899. The number of amides is 1. The molecular weight excluding hydrogens is 338 g/mol. The van der Waals surface area contributed by atoms with Crippen LogP contribution in [0, 0.1) is 0 Å². The Kier molecular flexibility index (Phi) is 3.81. The van der Waals surface area contributed by atoms with Crippen molar-refractivity contribution in [2.45, 2.75) is 13.0 Å². The molecule has 0 unspecified atom stereocenters. The van der Waals surface area contributed by atoms with Gasteiger partial charge in [-0.05, 0) is 35.7 Å². The maximum atomic E-state index is 12.5. The van der Waals surface area contributed by atoms with Gasteiger partial charge in [0.05, 0.1) is 0 Å². The SMILES string of the molecule is O=C1c2ccccc2CCN1Cc1ccc(Br)cc1Cl. The van der Waals surface area contributed by atoms with Crippen LogP contribution in [0.25, 0.3) is 0 Å². The Morgan fingerprint density at radius 1 is 1.20 bits per heavy atom. The standard InChI is InChI=1S/C16H13BrClNO/c17-13-6-5-12(15(18)9-13)10-19-8-7-11-3-1-2-4-14(11)16(19)20/h1-6,9H,7-8,10H2. The van der Waals surface area contributed by atoms with Crippen molar-refractivity contribution in [1.29, 1.82) is 0 Å². The summed E-state index contributed by atoms with van der Waals surface area (Å²) in [5.41, 5.74) is 2.92. The van der Waals surface area contributed by atoms with E-state index in [9.17, 15) is 4.79 Å². The van der Waals surface area contributed by atoms with E-state index < -0.39 is 0 Å². The van der Waals surface area contributed by atoms with Gasteiger partial charge < -0.3 is 4.90 Å². The second-order valence-electron chi connectivity index (χ2n) is 4.87. The average Bonchev–Trinajstić information content (AvgIpc) is 2.45. The Balaban J connectivity index is 1.85. The Labute approximate surface area is 131 Å². The van der Waals surface area contributed by atoms with Crippen LogP contribution in [0.1, 0.15) is 21.5 Å². The second-order valence-corrected chi connectivity index (χ2v) is 6.19. The number of nitrogens with zero attached hydrogens (tertiary/aromatic N) is 1. The molecule has 1 heterocycles. The lowest BCUT2D eigenvalue weighted by molar-refractivity contribution is 0.0727. The van der Waals surface area contributed by atoms with Crippen LogP contribution in [0.4, 0.5) is 0 Å². The minimum Gasteiger partial charge on any atom is -0.334 e. The quantitative estimate of drug-likeness (QED) is 0.791. The predicted molar refractivity (Wildman–Crippen MR) is 84.0 cm³/mol. The van der Waals surface area contributed by atoms with Gasteiger partial charge in [0.25, 0.3) is 5.91 Å². The average molecular weight is 351 g/mol. The molecule has 3 rings (SSSR count). The van der Waals surface area contributed by atoms with Crippen molar-refractivity contribution in [1.82, 2.24) is 4.90 Å². The molecule has 1 aliphatic rings. The maximum absolute atomic E-state index is 12.5. The molecule has 2 aromatic rings. The summed E-state index contributed by atoms with van der Waals surface area (Å²) < 4.78 is 0.946. The van der Waals surface area contributed by atoms with Crippen LogP contribution in [0.2, 0.25) is 5.02 Å². The molecule has 0 radical (unpaired) electrons. The topological polar surface area (TPSA) is 20.3 Å². The van der Waals surface area contributed by atoms with E-state index in [4.69, 9.17) is 11.6 Å². The Morgan fingerprint density at radius 3 is 2.80 bits per heavy atom. The molecule has 0 saturated carbocycles. The fourth-order valence-corrected chi connectivity index (χ4v) is 3.21. The van der Waals surface area contributed by atoms with Gasteiger partial charge in [0.1, 0.15) is 0 Å². The van der Waals surface area contributed by atoms with E-state index in [-0.39, 0.29) is 5.91 Å². The fourth-order valence-electron chi connectivity index (χ4n) is 2.48. The normalized spacial score (nSPS) is 14.3. The van der Waals surface area contributed by atoms with Crippen LogP contribution < -0.4 is 0 Å². The van der Waals surface area contributed by atoms with Gasteiger partial charge in [-0.15, -0.1) is 0 Å². The molecule has 2 aromatic carbocycles. The zero-order chi connectivity index (χ0) is 14.1. The number of fused-ring (bicyclic) bond motifs is 1. The molecule has 0 aromatic heterocycles. The van der Waals surface area contributed by atoms with Crippen LogP contribution in [0.15, 0.2) is 46.9 Å². The van der Waals surface area contributed by atoms with E-state index in [1.54, 1.807) is 0 Å². The van der Waals surface area contributed by atoms with E-state index in [1.807, 2.05) is 47.4 Å². The first-order chi connectivity index (χ1) is 9.65. The Bertz CT molecular complexity index is 671. The van der Waals surface area contributed by atoms with Crippen LogP contribution in [0.3, 0.4) is 0 Å². The third-order valence-electron chi connectivity index (χ3n) is 3.56. The molecule has 2 nitrogen and oxygen atoms in total. The van der Waals surface area contributed by atoms with Crippen molar-refractivity contribution in [3.63, 3.8) is 0 Å². The second kappa shape index (κ2) is 5.58. The number of carbonyl (C=O) groups is 1. The zero-order valence-electron chi connectivity index (χ0n) is 10.8. The molecule has 20 heavy (non-hydrogen) atoms. The van der Waals surface area contributed by atoms with Crippen LogP contribution in [-0.4, -0.2) is 17.4 Å². The summed E-state index contributed by atoms with van der Waals surface area (Å²) in [7, 11) is 0. The Morgan fingerprint density at radius 2 is 2.00 bits per heavy atom. The van der Waals surface area contributed by atoms with Crippen molar-refractivity contribution >= 4 is 33.4 Å². The molecule has 0 aliphatic carbocycles. The van der Waals surface area contributed by atoms with Gasteiger partial charge in [-0.1, -0.05) is 51.8 Å². The van der Waals surface area contributed by atoms with Gasteiger partial charge in [-0.2, -0.15) is 0 Å². The van der Waals surface area contributed by atoms with Crippen molar-refractivity contribution in [3.05, 3.63) is 68.7 Å². The first kappa shape index (κ1) is 13.7. The summed E-state index contributed by atoms with van der Waals surface area (Å²) in [6.45, 7) is 1.29. The lowest BCUT2D eigenvalue weighted by atomic mass is 9.99. The van der Waals surface area contributed by atoms with Crippen LogP contribution in [-0.2, 0) is 13.0 Å². The van der Waals surface area contributed by atoms with Crippen molar-refractivity contribution < 1.29 is 4.79 Å². The van der Waals surface area contributed by atoms with Crippen LogP contribution >= 0.6 is 27.5 Å². The molecule has 4 heteroatoms. The summed E-state index contributed by atoms with van der Waals surface area (Å²) in [5, 5.41) is 0.686. The highest BCUT2D eigenvalue weighted by Crippen LogP contribution is 2.25. The van der Waals surface area contributed by atoms with E-state index in [0.717, 1.165) is 34.1 Å². The van der Waals surface area contributed by atoms with Gasteiger partial charge >= 0.3 is 0 Å². The fraction of sp³-hybridized carbons (Fsp3) is 0.188. The maximum Gasteiger partial charge on any atom is 0.254 e. The highest BCUT2D eigenvalue weighted by Gasteiger charge is 2.24. The smallest absolute Gasteiger partial charge is 0.254 e. The minimum atomic E-state index is 0.0887. The molecule has 0 saturated heterocycles. The number of benzene rings is 2. The lowest BCUT2D eigenvalue weighted by Crippen LogP contribution is -2.37. The molecule has 102 valence electrons. The van der Waals surface area contributed by atoms with Crippen LogP contribution in [0.5, 0.6) is 0 Å². The first-order valence-electron chi connectivity index (χ1n) is 6.46. The molecule has 0 N–H and O–H groups in total. The third-order valence-corrected chi connectivity index (χ3v) is 4.41. The van der Waals surface area contributed by atoms with E-state index >= 15 is 0 Å². The zero-order valence-corrected chi connectivity index (χ0v) is 13.1. The van der Waals surface area contributed by atoms with Crippen molar-refractivity contribution in [3.8, 4) is 0 Å².